The van der Waals surface area contributed by atoms with Gasteiger partial charge in [-0.25, -0.2) is 0 Å². The maximum atomic E-state index is 11.9. The van der Waals surface area contributed by atoms with E-state index in [0.717, 1.165) is 5.56 Å². The molecule has 0 bridgehead atoms. The van der Waals surface area contributed by atoms with Crippen LogP contribution in [-0.4, -0.2) is 5.78 Å². The molecule has 0 radical (unpaired) electrons. The first kappa shape index (κ1) is 13.3. The number of hydrogen-bond donors (Lipinski definition) is 0. The fraction of sp³-hybridized carbons (Fsp3) is 0.588. The van der Waals surface area contributed by atoms with Gasteiger partial charge in [0.2, 0.25) is 0 Å². The van der Waals surface area contributed by atoms with Gasteiger partial charge >= 0.3 is 0 Å². The average molecular weight is 244 g/mol. The van der Waals surface area contributed by atoms with Crippen LogP contribution in [0.3, 0.4) is 0 Å². The highest BCUT2D eigenvalue weighted by atomic mass is 16.1. The summed E-state index contributed by atoms with van der Waals surface area (Å²) >= 11 is 0. The number of rotatable bonds is 1. The number of carbonyl (C=O) groups is 1. The van der Waals surface area contributed by atoms with Crippen molar-refractivity contribution in [2.24, 2.45) is 5.41 Å². The molecule has 1 aromatic rings. The van der Waals surface area contributed by atoms with Gasteiger partial charge in [-0.3, -0.25) is 4.79 Å². The van der Waals surface area contributed by atoms with E-state index in [1.165, 1.54) is 11.1 Å². The second kappa shape index (κ2) is 3.46. The molecule has 98 valence electrons. The van der Waals surface area contributed by atoms with Crippen molar-refractivity contribution in [3.8, 4) is 0 Å². The molecule has 0 aliphatic heterocycles. The van der Waals surface area contributed by atoms with Gasteiger partial charge in [-0.2, -0.15) is 0 Å². The highest BCUT2D eigenvalue weighted by Gasteiger charge is 2.57. The predicted molar refractivity (Wildman–Crippen MR) is 76.3 cm³/mol. The number of benzene rings is 1. The van der Waals surface area contributed by atoms with Crippen molar-refractivity contribution < 1.29 is 4.79 Å². The molecule has 0 N–H and O–H groups in total. The van der Waals surface area contributed by atoms with Crippen LogP contribution in [0.25, 0.3) is 0 Å². The lowest BCUT2D eigenvalue weighted by atomic mass is 9.59. The summed E-state index contributed by atoms with van der Waals surface area (Å²) in [5, 5.41) is 0. The first-order valence-corrected chi connectivity index (χ1v) is 6.70. The molecule has 0 fully saturated rings. The first-order chi connectivity index (χ1) is 8.05. The van der Waals surface area contributed by atoms with Gasteiger partial charge in [-0.05, 0) is 34.3 Å². The summed E-state index contributed by atoms with van der Waals surface area (Å²) in [5.74, 6) is 0.174. The van der Waals surface area contributed by atoms with E-state index in [4.69, 9.17) is 0 Å². The summed E-state index contributed by atoms with van der Waals surface area (Å²) in [6.45, 7) is 15.4. The largest absolute Gasteiger partial charge is 0.295 e. The second-order valence-corrected chi connectivity index (χ2v) is 7.16. The number of hydrogen-bond acceptors (Lipinski definition) is 1. The molecule has 1 aliphatic rings. The normalized spacial score (nSPS) is 22.6. The molecule has 0 atom stereocenters. The minimum Gasteiger partial charge on any atom is -0.295 e. The summed E-state index contributed by atoms with van der Waals surface area (Å²) in [4.78, 5) is 11.9. The molecule has 1 heteroatoms. The molecule has 0 spiro atoms. The molecule has 1 nitrogen and oxygen atoms in total. The van der Waals surface area contributed by atoms with Gasteiger partial charge in [0.25, 0.3) is 0 Å². The standard InChI is InChI=1S/C17H24O/c1-11(18)12-9-8-10-13-14(12)16(4,5)17(6,7)15(13,2)3/h8-10H,1-7H3. The number of fused-ring (bicyclic) bond motifs is 1. The number of carbonyl (C=O) groups excluding carboxylic acids is 1. The molecule has 0 amide bonds. The summed E-state index contributed by atoms with van der Waals surface area (Å²) in [7, 11) is 0. The van der Waals surface area contributed by atoms with Crippen molar-refractivity contribution in [3.05, 3.63) is 34.9 Å². The van der Waals surface area contributed by atoms with Gasteiger partial charge in [-0.15, -0.1) is 0 Å². The van der Waals surface area contributed by atoms with E-state index in [-0.39, 0.29) is 22.0 Å². The third-order valence-electron chi connectivity index (χ3n) is 5.87. The topological polar surface area (TPSA) is 17.1 Å². The van der Waals surface area contributed by atoms with Gasteiger partial charge in [-0.1, -0.05) is 59.7 Å². The van der Waals surface area contributed by atoms with Crippen molar-refractivity contribution >= 4 is 5.78 Å². The molecule has 1 aromatic carbocycles. The second-order valence-electron chi connectivity index (χ2n) is 7.16. The fourth-order valence-corrected chi connectivity index (χ4v) is 3.47. The molecule has 0 heterocycles. The minimum absolute atomic E-state index is 0.00803. The molecule has 0 aromatic heterocycles. The maximum Gasteiger partial charge on any atom is 0.160 e. The quantitative estimate of drug-likeness (QED) is 0.665. The Kier molecular flexibility index (Phi) is 2.56. The molecule has 2 rings (SSSR count). The number of Topliss-reactive ketones (excluding diaryl/α,β-unsaturated/α-hetero) is 1. The first-order valence-electron chi connectivity index (χ1n) is 6.70. The Balaban J connectivity index is 2.88. The Morgan fingerprint density at radius 3 is 2.00 bits per heavy atom. The van der Waals surface area contributed by atoms with Crippen LogP contribution < -0.4 is 0 Å². The molecule has 0 unspecified atom stereocenters. The van der Waals surface area contributed by atoms with Crippen LogP contribution in [-0.2, 0) is 10.8 Å². The Bertz CT molecular complexity index is 518. The van der Waals surface area contributed by atoms with E-state index in [0.29, 0.717) is 0 Å². The van der Waals surface area contributed by atoms with Crippen molar-refractivity contribution in [2.45, 2.75) is 59.3 Å². The van der Waals surface area contributed by atoms with Crippen molar-refractivity contribution in [3.63, 3.8) is 0 Å². The van der Waals surface area contributed by atoms with Crippen LogP contribution in [0.5, 0.6) is 0 Å². The van der Waals surface area contributed by atoms with E-state index < -0.39 is 0 Å². The van der Waals surface area contributed by atoms with Gasteiger partial charge in [0.1, 0.15) is 0 Å². The third-order valence-corrected chi connectivity index (χ3v) is 5.87. The van der Waals surface area contributed by atoms with Gasteiger partial charge in [0.05, 0.1) is 0 Å². The highest BCUT2D eigenvalue weighted by Crippen LogP contribution is 2.62. The molecule has 0 saturated carbocycles. The van der Waals surface area contributed by atoms with Crippen LogP contribution >= 0.6 is 0 Å². The van der Waals surface area contributed by atoms with E-state index in [1.54, 1.807) is 6.92 Å². The van der Waals surface area contributed by atoms with E-state index in [1.807, 2.05) is 12.1 Å². The summed E-state index contributed by atoms with van der Waals surface area (Å²) < 4.78 is 0. The molecular weight excluding hydrogens is 220 g/mol. The SMILES string of the molecule is CC(=O)c1cccc2c1C(C)(C)C(C)(C)C2(C)C. The smallest absolute Gasteiger partial charge is 0.160 e. The molecule has 1 aliphatic carbocycles. The van der Waals surface area contributed by atoms with Gasteiger partial charge in [0.15, 0.2) is 5.78 Å². The van der Waals surface area contributed by atoms with Crippen molar-refractivity contribution in [2.75, 3.05) is 0 Å². The van der Waals surface area contributed by atoms with Crippen molar-refractivity contribution in [1.29, 1.82) is 0 Å². The monoisotopic (exact) mass is 244 g/mol. The van der Waals surface area contributed by atoms with Gasteiger partial charge in [0, 0.05) is 5.56 Å². The predicted octanol–water partition coefficient (Wildman–Crippen LogP) is 4.48. The molecule has 0 saturated heterocycles. The lowest BCUT2D eigenvalue weighted by molar-refractivity contribution is 0.100. The Labute approximate surface area is 111 Å². The van der Waals surface area contributed by atoms with Crippen LogP contribution in [0, 0.1) is 5.41 Å². The Hall–Kier alpha value is -1.11. The van der Waals surface area contributed by atoms with Crippen LogP contribution in [0.2, 0.25) is 0 Å². The lowest BCUT2D eigenvalue weighted by Gasteiger charge is -2.44. The summed E-state index contributed by atoms with van der Waals surface area (Å²) in [5.41, 5.74) is 3.70. The fourth-order valence-electron chi connectivity index (χ4n) is 3.47. The third kappa shape index (κ3) is 1.31. The van der Waals surface area contributed by atoms with E-state index >= 15 is 0 Å². The summed E-state index contributed by atoms with van der Waals surface area (Å²) in [6, 6.07) is 6.19. The zero-order chi connectivity index (χ0) is 13.9. The van der Waals surface area contributed by atoms with Crippen LogP contribution in [0.4, 0.5) is 0 Å². The molecule has 18 heavy (non-hydrogen) atoms. The average Bonchev–Trinajstić information content (AvgIpc) is 2.36. The summed E-state index contributed by atoms with van der Waals surface area (Å²) in [6.07, 6.45) is 0. The van der Waals surface area contributed by atoms with E-state index in [2.05, 4.69) is 47.6 Å². The zero-order valence-electron chi connectivity index (χ0n) is 12.6. The maximum absolute atomic E-state index is 11.9. The Morgan fingerprint density at radius 1 is 0.944 bits per heavy atom. The Morgan fingerprint density at radius 2 is 1.50 bits per heavy atom. The van der Waals surface area contributed by atoms with Gasteiger partial charge < -0.3 is 0 Å². The molecular formula is C17H24O. The van der Waals surface area contributed by atoms with Crippen LogP contribution in [0.15, 0.2) is 18.2 Å². The minimum atomic E-state index is 0.00803. The number of ketones is 1. The van der Waals surface area contributed by atoms with E-state index in [9.17, 15) is 4.79 Å². The highest BCUT2D eigenvalue weighted by molar-refractivity contribution is 5.96. The van der Waals surface area contributed by atoms with Crippen molar-refractivity contribution in [1.82, 2.24) is 0 Å². The lowest BCUT2D eigenvalue weighted by Crippen LogP contribution is -2.42. The zero-order valence-corrected chi connectivity index (χ0v) is 12.6. The van der Waals surface area contributed by atoms with Crippen LogP contribution in [0.1, 0.15) is 70.0 Å².